The molecule has 0 spiro atoms. The number of carboxylic acids is 1. The number of nitrogens with zero attached hydrogens (tertiary/aromatic N) is 1. The Hall–Kier alpha value is -2.04. The first-order chi connectivity index (χ1) is 9.56. The van der Waals surface area contributed by atoms with Crippen LogP contribution in [-0.4, -0.2) is 21.3 Å². The molecule has 0 saturated carbocycles. The quantitative estimate of drug-likeness (QED) is 0.744. The summed E-state index contributed by atoms with van der Waals surface area (Å²) in [6, 6.07) is 9.83. The summed E-state index contributed by atoms with van der Waals surface area (Å²) in [5.41, 5.74) is 2.17. The molecule has 3 rings (SSSR count). The van der Waals surface area contributed by atoms with Gasteiger partial charge in [0, 0.05) is 16.0 Å². The zero-order valence-corrected chi connectivity index (χ0v) is 11.5. The predicted molar refractivity (Wildman–Crippen MR) is 78.5 cm³/mol. The van der Waals surface area contributed by atoms with Crippen molar-refractivity contribution < 1.29 is 9.90 Å². The number of carboxylic acid groups (broad SMARTS) is 1. The number of aromatic amines is 1. The summed E-state index contributed by atoms with van der Waals surface area (Å²) in [7, 11) is 0. The van der Waals surface area contributed by atoms with Crippen molar-refractivity contribution >= 4 is 40.1 Å². The van der Waals surface area contributed by atoms with Crippen molar-refractivity contribution in [2.75, 3.05) is 0 Å². The number of aromatic nitrogens is 2. The van der Waals surface area contributed by atoms with Gasteiger partial charge in [0.05, 0.1) is 16.1 Å². The maximum absolute atomic E-state index is 11.1. The molecule has 0 aliphatic heterocycles. The molecule has 0 aliphatic carbocycles. The van der Waals surface area contributed by atoms with Crippen LogP contribution in [0.1, 0.15) is 10.4 Å². The highest BCUT2D eigenvalue weighted by Crippen LogP contribution is 2.33. The first-order valence-corrected chi connectivity index (χ1v) is 6.48. The van der Waals surface area contributed by atoms with Crippen molar-refractivity contribution in [1.29, 1.82) is 0 Å². The van der Waals surface area contributed by atoms with Gasteiger partial charge in [-0.25, -0.2) is 4.79 Å². The minimum atomic E-state index is -0.990. The van der Waals surface area contributed by atoms with Crippen LogP contribution in [0, 0.1) is 0 Å². The number of hydrogen-bond acceptors (Lipinski definition) is 2. The topological polar surface area (TPSA) is 66.0 Å². The fourth-order valence-corrected chi connectivity index (χ4v) is 2.41. The number of hydrogen-bond donors (Lipinski definition) is 2. The van der Waals surface area contributed by atoms with Gasteiger partial charge in [0.2, 0.25) is 0 Å². The zero-order valence-electron chi connectivity index (χ0n) is 10.0. The van der Waals surface area contributed by atoms with Gasteiger partial charge in [-0.1, -0.05) is 23.2 Å². The molecule has 0 unspecified atom stereocenters. The highest BCUT2D eigenvalue weighted by atomic mass is 35.5. The van der Waals surface area contributed by atoms with Crippen LogP contribution in [0.15, 0.2) is 36.4 Å². The van der Waals surface area contributed by atoms with Crippen LogP contribution in [0.25, 0.3) is 22.2 Å². The van der Waals surface area contributed by atoms with E-state index >= 15 is 0 Å². The summed E-state index contributed by atoms with van der Waals surface area (Å²) in [6.07, 6.45) is 0. The van der Waals surface area contributed by atoms with Crippen molar-refractivity contribution in [3.8, 4) is 11.3 Å². The second-order valence-corrected chi connectivity index (χ2v) is 5.11. The number of fused-ring (bicyclic) bond motifs is 1. The summed E-state index contributed by atoms with van der Waals surface area (Å²) in [5, 5.41) is 17.9. The first kappa shape index (κ1) is 13.0. The zero-order chi connectivity index (χ0) is 14.3. The second-order valence-electron chi connectivity index (χ2n) is 4.26. The fraction of sp³-hybridized carbons (Fsp3) is 0. The molecular formula is C14H8Cl2N2O2. The SMILES string of the molecule is O=C(O)c1ccc2[nH]nc(-c3cc(Cl)ccc3Cl)c2c1. The molecular weight excluding hydrogens is 299 g/mol. The van der Waals surface area contributed by atoms with E-state index in [1.54, 1.807) is 30.3 Å². The standard InChI is InChI=1S/C14H8Cl2N2O2/c15-8-2-3-11(16)9(6-8)13-10-5-7(14(19)20)1-4-12(10)17-18-13/h1-6H,(H,17,18)(H,19,20). The molecule has 20 heavy (non-hydrogen) atoms. The van der Waals surface area contributed by atoms with E-state index in [9.17, 15) is 4.79 Å². The largest absolute Gasteiger partial charge is 0.478 e. The molecule has 1 heterocycles. The monoisotopic (exact) mass is 306 g/mol. The number of halogens is 2. The van der Waals surface area contributed by atoms with Gasteiger partial charge in [-0.2, -0.15) is 5.10 Å². The Morgan fingerprint density at radius 3 is 2.70 bits per heavy atom. The van der Waals surface area contributed by atoms with Crippen LogP contribution >= 0.6 is 23.2 Å². The van der Waals surface area contributed by atoms with Crippen LogP contribution in [0.2, 0.25) is 10.0 Å². The van der Waals surface area contributed by atoms with Gasteiger partial charge >= 0.3 is 5.97 Å². The van der Waals surface area contributed by atoms with Gasteiger partial charge in [0.15, 0.2) is 0 Å². The van der Waals surface area contributed by atoms with Crippen LogP contribution in [0.3, 0.4) is 0 Å². The Bertz CT molecular complexity index is 827. The van der Waals surface area contributed by atoms with E-state index in [4.69, 9.17) is 28.3 Å². The lowest BCUT2D eigenvalue weighted by Gasteiger charge is -2.03. The van der Waals surface area contributed by atoms with E-state index in [0.717, 1.165) is 5.52 Å². The van der Waals surface area contributed by atoms with Gasteiger partial charge < -0.3 is 5.11 Å². The van der Waals surface area contributed by atoms with Crippen LogP contribution in [-0.2, 0) is 0 Å². The average molecular weight is 307 g/mol. The molecule has 3 aromatic rings. The van der Waals surface area contributed by atoms with Gasteiger partial charge in [-0.05, 0) is 36.4 Å². The Morgan fingerprint density at radius 1 is 1.15 bits per heavy atom. The summed E-state index contributed by atoms with van der Waals surface area (Å²) in [5.74, 6) is -0.990. The minimum Gasteiger partial charge on any atom is -0.478 e. The molecule has 0 saturated heterocycles. The van der Waals surface area contributed by atoms with E-state index < -0.39 is 5.97 Å². The molecule has 4 nitrogen and oxygen atoms in total. The second kappa shape index (κ2) is 4.81. The van der Waals surface area contributed by atoms with Crippen LogP contribution < -0.4 is 0 Å². The highest BCUT2D eigenvalue weighted by molar-refractivity contribution is 6.35. The Kier molecular flexibility index (Phi) is 3.12. The average Bonchev–Trinajstić information content (AvgIpc) is 2.84. The third kappa shape index (κ3) is 2.13. The van der Waals surface area contributed by atoms with Crippen molar-refractivity contribution in [2.45, 2.75) is 0 Å². The Labute approximate surface area is 123 Å². The van der Waals surface area contributed by atoms with Crippen LogP contribution in [0.4, 0.5) is 0 Å². The Balaban J connectivity index is 2.28. The van der Waals surface area contributed by atoms with E-state index in [0.29, 0.717) is 26.7 Å². The van der Waals surface area contributed by atoms with Crippen molar-refractivity contribution in [2.24, 2.45) is 0 Å². The lowest BCUT2D eigenvalue weighted by atomic mass is 10.1. The third-order valence-corrected chi connectivity index (χ3v) is 3.56. The first-order valence-electron chi connectivity index (χ1n) is 5.73. The fourth-order valence-electron chi connectivity index (χ4n) is 2.03. The number of nitrogens with one attached hydrogen (secondary N) is 1. The number of aromatic carboxylic acids is 1. The van der Waals surface area contributed by atoms with Crippen molar-refractivity contribution in [1.82, 2.24) is 10.2 Å². The maximum atomic E-state index is 11.1. The number of H-pyrrole nitrogens is 1. The number of rotatable bonds is 2. The highest BCUT2D eigenvalue weighted by Gasteiger charge is 2.14. The number of benzene rings is 2. The van der Waals surface area contributed by atoms with E-state index in [1.165, 1.54) is 6.07 Å². The molecule has 2 aromatic carbocycles. The summed E-state index contributed by atoms with van der Waals surface area (Å²) >= 11 is 12.1. The van der Waals surface area contributed by atoms with Crippen LogP contribution in [0.5, 0.6) is 0 Å². The van der Waals surface area contributed by atoms with Crippen molar-refractivity contribution in [3.05, 3.63) is 52.0 Å². The molecule has 100 valence electrons. The molecule has 0 aliphatic rings. The molecule has 0 amide bonds. The van der Waals surface area contributed by atoms with Gasteiger partial charge in [0.25, 0.3) is 0 Å². The normalized spacial score (nSPS) is 10.9. The lowest BCUT2D eigenvalue weighted by molar-refractivity contribution is 0.0697. The molecule has 2 N–H and O–H groups in total. The third-order valence-electron chi connectivity index (χ3n) is 2.99. The Morgan fingerprint density at radius 2 is 1.95 bits per heavy atom. The molecule has 6 heteroatoms. The van der Waals surface area contributed by atoms with E-state index in [1.807, 2.05) is 0 Å². The molecule has 0 atom stereocenters. The van der Waals surface area contributed by atoms with Gasteiger partial charge in [0.1, 0.15) is 5.69 Å². The molecule has 0 fully saturated rings. The summed E-state index contributed by atoms with van der Waals surface area (Å²) in [6.45, 7) is 0. The summed E-state index contributed by atoms with van der Waals surface area (Å²) < 4.78 is 0. The van der Waals surface area contributed by atoms with Gasteiger partial charge in [-0.15, -0.1) is 0 Å². The van der Waals surface area contributed by atoms with E-state index in [-0.39, 0.29) is 5.56 Å². The molecule has 0 radical (unpaired) electrons. The molecule has 1 aromatic heterocycles. The van der Waals surface area contributed by atoms with E-state index in [2.05, 4.69) is 10.2 Å². The van der Waals surface area contributed by atoms with Gasteiger partial charge in [-0.3, -0.25) is 5.10 Å². The smallest absolute Gasteiger partial charge is 0.335 e. The minimum absolute atomic E-state index is 0.193. The lowest BCUT2D eigenvalue weighted by Crippen LogP contribution is -1.95. The molecule has 0 bridgehead atoms. The van der Waals surface area contributed by atoms with Crippen molar-refractivity contribution in [3.63, 3.8) is 0 Å². The maximum Gasteiger partial charge on any atom is 0.335 e. The summed E-state index contributed by atoms with van der Waals surface area (Å²) in [4.78, 5) is 11.1. The predicted octanol–water partition coefficient (Wildman–Crippen LogP) is 4.23. The number of carbonyl (C=O) groups is 1.